The normalized spacial score (nSPS) is 16.1. The van der Waals surface area contributed by atoms with Crippen LogP contribution in [0.4, 0.5) is 10.5 Å². The topological polar surface area (TPSA) is 112 Å². The van der Waals surface area contributed by atoms with Crippen LogP contribution in [0.15, 0.2) is 51.8 Å². The fraction of sp³-hybridized carbons (Fsp3) is 0.130. The molecule has 1 aromatic heterocycles. The molecule has 0 unspecified atom stereocenters. The molecule has 2 aliphatic heterocycles. The number of ether oxygens (including phenoxy) is 2. The van der Waals surface area contributed by atoms with E-state index in [0.717, 1.165) is 16.7 Å². The van der Waals surface area contributed by atoms with Crippen molar-refractivity contribution in [3.63, 3.8) is 0 Å². The zero-order valence-electron chi connectivity index (χ0n) is 17.6. The molecule has 34 heavy (non-hydrogen) atoms. The molecule has 5 rings (SSSR count). The highest BCUT2D eigenvalue weighted by molar-refractivity contribution is 8.18. The van der Waals surface area contributed by atoms with E-state index in [1.807, 2.05) is 0 Å². The van der Waals surface area contributed by atoms with Crippen molar-refractivity contribution in [2.24, 2.45) is 0 Å². The number of carbonyl (C=O) groups is 2. The van der Waals surface area contributed by atoms with E-state index in [2.05, 4.69) is 0 Å². The van der Waals surface area contributed by atoms with Gasteiger partial charge in [-0.1, -0.05) is 23.7 Å². The summed E-state index contributed by atoms with van der Waals surface area (Å²) in [4.78, 5) is 37.5. The number of imide groups is 1. The number of nitro groups is 1. The number of furan rings is 1. The number of nitrogens with zero attached hydrogens (tertiary/aromatic N) is 2. The van der Waals surface area contributed by atoms with Crippen molar-refractivity contribution in [3.8, 4) is 22.8 Å². The number of hydrogen-bond acceptors (Lipinski definition) is 8. The number of thioether (sulfide) groups is 1. The van der Waals surface area contributed by atoms with Gasteiger partial charge in [-0.15, -0.1) is 0 Å². The minimum absolute atomic E-state index is 0.0150. The first kappa shape index (κ1) is 22.1. The van der Waals surface area contributed by atoms with Gasteiger partial charge in [-0.3, -0.25) is 24.6 Å². The van der Waals surface area contributed by atoms with Crippen LogP contribution in [-0.2, 0) is 11.3 Å². The van der Waals surface area contributed by atoms with Crippen LogP contribution in [0.25, 0.3) is 17.4 Å². The second-order valence-electron chi connectivity index (χ2n) is 7.53. The Morgan fingerprint density at radius 2 is 1.91 bits per heavy atom. The molecule has 3 heterocycles. The summed E-state index contributed by atoms with van der Waals surface area (Å²) in [6.07, 6.45) is 1.47. The standard InChI is InChI=1S/C23H15ClN2O7S/c1-12-2-3-13(6-17(12)26(29)30)18-5-4-15(33-18)8-21-22(27)25(23(28)34-21)10-14-7-19-20(9-16(14)24)32-11-31-19/h2-9H,10-11H2,1H3/b21-8+. The summed E-state index contributed by atoms with van der Waals surface area (Å²) in [7, 11) is 0. The summed E-state index contributed by atoms with van der Waals surface area (Å²) < 4.78 is 16.4. The summed E-state index contributed by atoms with van der Waals surface area (Å²) in [5.74, 6) is 1.27. The SMILES string of the molecule is Cc1ccc(-c2ccc(/C=C3/SC(=O)N(Cc4cc5c(cc4Cl)OCO5)C3=O)o2)cc1[N+](=O)[O-]. The van der Waals surface area contributed by atoms with Crippen molar-refractivity contribution in [2.75, 3.05) is 6.79 Å². The van der Waals surface area contributed by atoms with E-state index in [1.54, 1.807) is 43.3 Å². The van der Waals surface area contributed by atoms with Crippen LogP contribution >= 0.6 is 23.4 Å². The van der Waals surface area contributed by atoms with E-state index in [9.17, 15) is 19.7 Å². The quantitative estimate of drug-likeness (QED) is 0.247. The van der Waals surface area contributed by atoms with Crippen molar-refractivity contribution >= 4 is 46.3 Å². The van der Waals surface area contributed by atoms with Crippen LogP contribution in [0.2, 0.25) is 5.02 Å². The minimum atomic E-state index is -0.479. The average molecular weight is 499 g/mol. The van der Waals surface area contributed by atoms with Gasteiger partial charge in [-0.25, -0.2) is 0 Å². The lowest BCUT2D eigenvalue weighted by molar-refractivity contribution is -0.385. The van der Waals surface area contributed by atoms with Crippen LogP contribution in [0.3, 0.4) is 0 Å². The molecular weight excluding hydrogens is 484 g/mol. The van der Waals surface area contributed by atoms with Gasteiger partial charge in [-0.05, 0) is 42.4 Å². The Morgan fingerprint density at radius 3 is 2.68 bits per heavy atom. The van der Waals surface area contributed by atoms with Crippen molar-refractivity contribution in [3.05, 3.63) is 79.4 Å². The molecule has 0 radical (unpaired) electrons. The number of nitro benzene ring substituents is 1. The zero-order chi connectivity index (χ0) is 24.0. The molecule has 0 bridgehead atoms. The van der Waals surface area contributed by atoms with Gasteiger partial charge in [0.2, 0.25) is 6.79 Å². The van der Waals surface area contributed by atoms with Crippen molar-refractivity contribution in [1.82, 2.24) is 4.90 Å². The summed E-state index contributed by atoms with van der Waals surface area (Å²) in [5, 5.41) is 11.1. The molecule has 1 fully saturated rings. The number of aryl methyl sites for hydroxylation is 1. The Morgan fingerprint density at radius 1 is 1.15 bits per heavy atom. The largest absolute Gasteiger partial charge is 0.457 e. The lowest BCUT2D eigenvalue weighted by Crippen LogP contribution is -2.27. The molecule has 3 aromatic rings. The Bertz CT molecular complexity index is 1400. The molecule has 0 atom stereocenters. The van der Waals surface area contributed by atoms with Gasteiger partial charge in [0.25, 0.3) is 16.8 Å². The monoisotopic (exact) mass is 498 g/mol. The number of amides is 2. The molecule has 0 spiro atoms. The Balaban J connectivity index is 1.36. The van der Waals surface area contributed by atoms with Crippen LogP contribution in [0.1, 0.15) is 16.9 Å². The van der Waals surface area contributed by atoms with Crippen LogP contribution in [-0.4, -0.2) is 27.8 Å². The smallest absolute Gasteiger partial charge is 0.293 e. The Labute approximate surface area is 202 Å². The maximum atomic E-state index is 12.9. The minimum Gasteiger partial charge on any atom is -0.457 e. The molecule has 11 heteroatoms. The number of hydrogen-bond donors (Lipinski definition) is 0. The molecule has 2 amide bonds. The average Bonchev–Trinajstić information content (AvgIpc) is 3.51. The number of rotatable bonds is 5. The highest BCUT2D eigenvalue weighted by Crippen LogP contribution is 2.39. The zero-order valence-corrected chi connectivity index (χ0v) is 19.1. The first-order chi connectivity index (χ1) is 16.3. The lowest BCUT2D eigenvalue weighted by Gasteiger charge is -2.14. The maximum Gasteiger partial charge on any atom is 0.293 e. The van der Waals surface area contributed by atoms with Gasteiger partial charge >= 0.3 is 0 Å². The van der Waals surface area contributed by atoms with Gasteiger partial charge in [0.15, 0.2) is 11.5 Å². The third kappa shape index (κ3) is 4.02. The molecular formula is C23H15ClN2O7S. The number of carbonyl (C=O) groups excluding carboxylic acids is 2. The van der Waals surface area contributed by atoms with E-state index in [4.69, 9.17) is 25.5 Å². The van der Waals surface area contributed by atoms with Gasteiger partial charge in [0.05, 0.1) is 16.4 Å². The van der Waals surface area contributed by atoms with Gasteiger partial charge in [0, 0.05) is 34.4 Å². The van der Waals surface area contributed by atoms with E-state index < -0.39 is 16.1 Å². The van der Waals surface area contributed by atoms with Gasteiger partial charge < -0.3 is 13.9 Å². The van der Waals surface area contributed by atoms with E-state index in [1.165, 1.54) is 12.1 Å². The van der Waals surface area contributed by atoms with Crippen LogP contribution in [0.5, 0.6) is 11.5 Å². The van der Waals surface area contributed by atoms with Crippen LogP contribution < -0.4 is 9.47 Å². The summed E-state index contributed by atoms with van der Waals surface area (Å²) in [6.45, 7) is 1.72. The fourth-order valence-corrected chi connectivity index (χ4v) is 4.59. The third-order valence-corrected chi connectivity index (χ3v) is 6.59. The molecule has 2 aromatic carbocycles. The Kier molecular flexibility index (Phi) is 5.54. The number of halogens is 1. The summed E-state index contributed by atoms with van der Waals surface area (Å²) in [5.41, 5.74) is 1.61. The first-order valence-electron chi connectivity index (χ1n) is 9.99. The van der Waals surface area contributed by atoms with E-state index in [-0.39, 0.29) is 23.9 Å². The Hall–Kier alpha value is -3.76. The van der Waals surface area contributed by atoms with Gasteiger partial charge in [-0.2, -0.15) is 0 Å². The highest BCUT2D eigenvalue weighted by Gasteiger charge is 2.36. The molecule has 2 aliphatic rings. The fourth-order valence-electron chi connectivity index (χ4n) is 3.56. The summed E-state index contributed by atoms with van der Waals surface area (Å²) in [6, 6.07) is 11.3. The predicted octanol–water partition coefficient (Wildman–Crippen LogP) is 5.78. The van der Waals surface area contributed by atoms with Gasteiger partial charge in [0.1, 0.15) is 11.5 Å². The highest BCUT2D eigenvalue weighted by atomic mass is 35.5. The van der Waals surface area contributed by atoms with Crippen molar-refractivity contribution < 1.29 is 28.4 Å². The summed E-state index contributed by atoms with van der Waals surface area (Å²) >= 11 is 7.08. The third-order valence-electron chi connectivity index (χ3n) is 5.33. The predicted molar refractivity (Wildman–Crippen MR) is 125 cm³/mol. The lowest BCUT2D eigenvalue weighted by atomic mass is 10.1. The molecule has 0 N–H and O–H groups in total. The van der Waals surface area contributed by atoms with E-state index >= 15 is 0 Å². The number of fused-ring (bicyclic) bond motifs is 1. The molecule has 9 nitrogen and oxygen atoms in total. The first-order valence-corrected chi connectivity index (χ1v) is 11.2. The maximum absolute atomic E-state index is 12.9. The second-order valence-corrected chi connectivity index (χ2v) is 8.93. The molecule has 172 valence electrons. The van der Waals surface area contributed by atoms with Crippen molar-refractivity contribution in [2.45, 2.75) is 13.5 Å². The molecule has 0 aliphatic carbocycles. The molecule has 0 saturated carbocycles. The second kappa shape index (κ2) is 8.54. The number of benzene rings is 2. The molecule has 1 saturated heterocycles. The van der Waals surface area contributed by atoms with E-state index in [0.29, 0.717) is 44.7 Å². The van der Waals surface area contributed by atoms with Crippen molar-refractivity contribution in [1.29, 1.82) is 0 Å². The van der Waals surface area contributed by atoms with Crippen LogP contribution in [0, 0.1) is 17.0 Å².